The summed E-state index contributed by atoms with van der Waals surface area (Å²) in [5, 5.41) is 4.59. The molecule has 2 aromatic rings. The van der Waals surface area contributed by atoms with E-state index in [0.29, 0.717) is 0 Å². The lowest BCUT2D eigenvalue weighted by Crippen LogP contribution is -2.36. The molecule has 0 spiro atoms. The van der Waals surface area contributed by atoms with Gasteiger partial charge in [-0.05, 0) is 12.1 Å². The van der Waals surface area contributed by atoms with E-state index >= 15 is 0 Å². The number of morpholine rings is 1. The number of nitrogens with zero attached hydrogens (tertiary/aromatic N) is 3. The van der Waals surface area contributed by atoms with Gasteiger partial charge in [-0.3, -0.25) is 4.68 Å². The Bertz CT molecular complexity index is 631. The van der Waals surface area contributed by atoms with Crippen LogP contribution in [-0.2, 0) is 11.8 Å². The molecule has 3 rings (SSSR count). The maximum Gasteiger partial charge on any atom is 0.116 e. The minimum Gasteiger partial charge on any atom is -0.378 e. The van der Waals surface area contributed by atoms with Crippen LogP contribution in [0.1, 0.15) is 5.56 Å². The summed E-state index contributed by atoms with van der Waals surface area (Å²) in [7, 11) is 1.95. The van der Waals surface area contributed by atoms with Crippen molar-refractivity contribution in [2.24, 2.45) is 7.05 Å². The number of anilines is 1. The van der Waals surface area contributed by atoms with Crippen LogP contribution in [0.25, 0.3) is 11.3 Å². The van der Waals surface area contributed by atoms with Gasteiger partial charge in [0.25, 0.3) is 0 Å². The van der Waals surface area contributed by atoms with Crippen LogP contribution >= 0.6 is 0 Å². The van der Waals surface area contributed by atoms with Gasteiger partial charge in [0.05, 0.1) is 18.9 Å². The normalized spacial score (nSPS) is 15.1. The number of rotatable bonds is 2. The largest absolute Gasteiger partial charge is 0.378 e. The van der Waals surface area contributed by atoms with Gasteiger partial charge in [-0.2, -0.15) is 5.10 Å². The number of benzene rings is 1. The van der Waals surface area contributed by atoms with Crippen molar-refractivity contribution in [3.8, 4) is 23.6 Å². The molecule has 102 valence electrons. The molecule has 0 atom stereocenters. The molecule has 0 aliphatic carbocycles. The standard InChI is InChI=1S/C16H17N3O/c1-3-13-4-6-14(7-5-13)16-15(12-18(2)17-16)19-8-10-20-11-9-19/h1,4-7,12H,8-11H2,2H3. The van der Waals surface area contributed by atoms with Crippen LogP contribution in [0, 0.1) is 12.3 Å². The number of hydrogen-bond acceptors (Lipinski definition) is 3. The molecule has 0 radical (unpaired) electrons. The lowest BCUT2D eigenvalue weighted by Gasteiger charge is -2.28. The highest BCUT2D eigenvalue weighted by Crippen LogP contribution is 2.30. The van der Waals surface area contributed by atoms with Crippen LogP contribution in [0.5, 0.6) is 0 Å². The van der Waals surface area contributed by atoms with E-state index in [0.717, 1.165) is 48.8 Å². The fraction of sp³-hybridized carbons (Fsp3) is 0.312. The second-order valence-corrected chi connectivity index (χ2v) is 4.86. The van der Waals surface area contributed by atoms with Crippen molar-refractivity contribution in [3.05, 3.63) is 36.0 Å². The van der Waals surface area contributed by atoms with Gasteiger partial charge in [0.15, 0.2) is 0 Å². The van der Waals surface area contributed by atoms with Crippen molar-refractivity contribution < 1.29 is 4.74 Å². The Hall–Kier alpha value is -2.25. The van der Waals surface area contributed by atoms with E-state index in [1.165, 1.54) is 0 Å². The van der Waals surface area contributed by atoms with Crippen molar-refractivity contribution in [1.82, 2.24) is 9.78 Å². The number of ether oxygens (including phenoxy) is 1. The molecule has 4 heteroatoms. The molecule has 1 aromatic heterocycles. The second-order valence-electron chi connectivity index (χ2n) is 4.86. The summed E-state index contributed by atoms with van der Waals surface area (Å²) in [6.45, 7) is 3.34. The first-order valence-electron chi connectivity index (χ1n) is 6.71. The molecule has 0 N–H and O–H groups in total. The highest BCUT2D eigenvalue weighted by Gasteiger charge is 2.18. The van der Waals surface area contributed by atoms with Gasteiger partial charge in [0.2, 0.25) is 0 Å². The zero-order valence-corrected chi connectivity index (χ0v) is 11.5. The molecule has 0 amide bonds. The predicted octanol–water partition coefficient (Wildman–Crippen LogP) is 1.91. The average molecular weight is 267 g/mol. The highest BCUT2D eigenvalue weighted by molar-refractivity contribution is 5.75. The fourth-order valence-electron chi connectivity index (χ4n) is 2.44. The summed E-state index contributed by atoms with van der Waals surface area (Å²) in [4.78, 5) is 2.32. The van der Waals surface area contributed by atoms with Gasteiger partial charge in [0.1, 0.15) is 5.69 Å². The zero-order chi connectivity index (χ0) is 13.9. The summed E-state index contributed by atoms with van der Waals surface area (Å²) in [5.41, 5.74) is 4.13. The van der Waals surface area contributed by atoms with Crippen molar-refractivity contribution in [3.63, 3.8) is 0 Å². The second kappa shape index (κ2) is 5.40. The van der Waals surface area contributed by atoms with Gasteiger partial charge >= 0.3 is 0 Å². The summed E-state index contributed by atoms with van der Waals surface area (Å²) in [6.07, 6.45) is 7.46. The smallest absolute Gasteiger partial charge is 0.116 e. The van der Waals surface area contributed by atoms with E-state index in [4.69, 9.17) is 11.2 Å². The lowest BCUT2D eigenvalue weighted by atomic mass is 10.1. The van der Waals surface area contributed by atoms with E-state index in [9.17, 15) is 0 Å². The Morgan fingerprint density at radius 2 is 1.90 bits per heavy atom. The quantitative estimate of drug-likeness (QED) is 0.779. The zero-order valence-electron chi connectivity index (χ0n) is 11.5. The monoisotopic (exact) mass is 267 g/mol. The minimum absolute atomic E-state index is 0.768. The Morgan fingerprint density at radius 3 is 2.55 bits per heavy atom. The Morgan fingerprint density at radius 1 is 1.20 bits per heavy atom. The summed E-state index contributed by atoms with van der Waals surface area (Å²) in [5.74, 6) is 2.64. The molecule has 0 saturated carbocycles. The summed E-state index contributed by atoms with van der Waals surface area (Å²) < 4.78 is 7.27. The van der Waals surface area contributed by atoms with E-state index in [1.807, 2.05) is 36.0 Å². The lowest BCUT2D eigenvalue weighted by molar-refractivity contribution is 0.122. The first kappa shape index (κ1) is 12.8. The summed E-state index contributed by atoms with van der Waals surface area (Å²) in [6, 6.07) is 7.96. The SMILES string of the molecule is C#Cc1ccc(-c2nn(C)cc2N2CCOCC2)cc1. The third-order valence-electron chi connectivity index (χ3n) is 3.49. The molecular formula is C16H17N3O. The van der Waals surface area contributed by atoms with Crippen LogP contribution < -0.4 is 4.90 Å². The van der Waals surface area contributed by atoms with E-state index in [2.05, 4.69) is 22.1 Å². The maximum atomic E-state index is 5.41. The molecule has 1 aromatic carbocycles. The Kier molecular flexibility index (Phi) is 3.44. The molecule has 4 nitrogen and oxygen atoms in total. The Balaban J connectivity index is 1.97. The first-order valence-corrected chi connectivity index (χ1v) is 6.71. The highest BCUT2D eigenvalue weighted by atomic mass is 16.5. The predicted molar refractivity (Wildman–Crippen MR) is 79.6 cm³/mol. The van der Waals surface area contributed by atoms with Crippen LogP contribution in [0.15, 0.2) is 30.5 Å². The number of aromatic nitrogens is 2. The average Bonchev–Trinajstić information content (AvgIpc) is 2.90. The van der Waals surface area contributed by atoms with E-state index < -0.39 is 0 Å². The van der Waals surface area contributed by atoms with Gasteiger partial charge in [-0.25, -0.2) is 0 Å². The number of hydrogen-bond donors (Lipinski definition) is 0. The summed E-state index contributed by atoms with van der Waals surface area (Å²) >= 11 is 0. The topological polar surface area (TPSA) is 30.3 Å². The number of aryl methyl sites for hydroxylation is 1. The molecule has 1 aliphatic heterocycles. The third-order valence-corrected chi connectivity index (χ3v) is 3.49. The van der Waals surface area contributed by atoms with Crippen molar-refractivity contribution in [2.45, 2.75) is 0 Å². The third kappa shape index (κ3) is 2.40. The fourth-order valence-corrected chi connectivity index (χ4v) is 2.44. The van der Waals surface area contributed by atoms with Crippen LogP contribution in [0.2, 0.25) is 0 Å². The van der Waals surface area contributed by atoms with Crippen molar-refractivity contribution in [1.29, 1.82) is 0 Å². The van der Waals surface area contributed by atoms with Gasteiger partial charge in [0, 0.05) is 37.5 Å². The molecule has 2 heterocycles. The molecule has 0 bridgehead atoms. The molecule has 20 heavy (non-hydrogen) atoms. The van der Waals surface area contributed by atoms with Crippen LogP contribution in [-0.4, -0.2) is 36.1 Å². The number of terminal acetylenes is 1. The maximum absolute atomic E-state index is 5.41. The van der Waals surface area contributed by atoms with E-state index in [1.54, 1.807) is 0 Å². The van der Waals surface area contributed by atoms with Gasteiger partial charge in [-0.1, -0.05) is 18.1 Å². The van der Waals surface area contributed by atoms with Crippen molar-refractivity contribution in [2.75, 3.05) is 31.2 Å². The molecule has 1 aliphatic rings. The van der Waals surface area contributed by atoms with Gasteiger partial charge < -0.3 is 9.64 Å². The molecule has 1 fully saturated rings. The molecule has 0 unspecified atom stereocenters. The molecular weight excluding hydrogens is 250 g/mol. The van der Waals surface area contributed by atoms with Crippen molar-refractivity contribution >= 4 is 5.69 Å². The van der Waals surface area contributed by atoms with Crippen LogP contribution in [0.4, 0.5) is 5.69 Å². The molecule has 1 saturated heterocycles. The van der Waals surface area contributed by atoms with Gasteiger partial charge in [-0.15, -0.1) is 6.42 Å². The Labute approximate surface area is 119 Å². The van der Waals surface area contributed by atoms with Crippen LogP contribution in [0.3, 0.4) is 0 Å². The minimum atomic E-state index is 0.768. The first-order chi connectivity index (χ1) is 9.78. The van der Waals surface area contributed by atoms with E-state index in [-0.39, 0.29) is 0 Å².